The molecule has 2 aromatic rings. The normalized spacial score (nSPS) is 10.4. The summed E-state index contributed by atoms with van der Waals surface area (Å²) in [5, 5.41) is 1.10. The van der Waals surface area contributed by atoms with Crippen LogP contribution in [-0.2, 0) is 0 Å². The van der Waals surface area contributed by atoms with Crippen molar-refractivity contribution in [2.45, 2.75) is 5.16 Å². The van der Waals surface area contributed by atoms with Gasteiger partial charge in [0.25, 0.3) is 0 Å². The highest BCUT2D eigenvalue weighted by Crippen LogP contribution is 2.32. The maximum absolute atomic E-state index is 6.24. The molecule has 0 aliphatic rings. The highest BCUT2D eigenvalue weighted by atomic mass is 35.5. The van der Waals surface area contributed by atoms with Crippen LogP contribution in [0, 0.1) is 0 Å². The lowest BCUT2D eigenvalue weighted by atomic mass is 10.3. The summed E-state index contributed by atoms with van der Waals surface area (Å²) >= 11 is 7.64. The minimum Gasteiger partial charge on any atom is -0.497 e. The molecule has 2 N–H and O–H groups in total. The number of hydrogen-bond acceptors (Lipinski definition) is 7. The topological polar surface area (TPSA) is 77.2 Å². The Bertz CT molecular complexity index is 625. The van der Waals surface area contributed by atoms with Crippen molar-refractivity contribution in [2.24, 2.45) is 0 Å². The van der Waals surface area contributed by atoms with Crippen molar-refractivity contribution in [3.63, 3.8) is 0 Å². The molecule has 0 unspecified atom stereocenters. The Morgan fingerprint density at radius 3 is 2.65 bits per heavy atom. The maximum Gasteiger partial charge on any atom is 0.235 e. The molecule has 1 aromatic heterocycles. The first kappa shape index (κ1) is 14.7. The average molecular weight is 312 g/mol. The first-order valence-electron chi connectivity index (χ1n) is 5.68. The molecule has 0 amide bonds. The number of hydrogen-bond donors (Lipinski definition) is 1. The molecule has 1 aromatic carbocycles. The molecule has 106 valence electrons. The van der Waals surface area contributed by atoms with Gasteiger partial charge < -0.3 is 15.4 Å². The second-order valence-electron chi connectivity index (χ2n) is 3.86. The fraction of sp³-hybridized carbons (Fsp3) is 0.250. The van der Waals surface area contributed by atoms with Crippen LogP contribution in [0.3, 0.4) is 0 Å². The number of rotatable bonds is 4. The van der Waals surface area contributed by atoms with Crippen molar-refractivity contribution in [1.82, 2.24) is 15.0 Å². The molecule has 0 radical (unpaired) electrons. The van der Waals surface area contributed by atoms with E-state index in [1.165, 1.54) is 11.8 Å². The summed E-state index contributed by atoms with van der Waals surface area (Å²) in [7, 11) is 3.40. The van der Waals surface area contributed by atoms with Crippen molar-refractivity contribution in [3.8, 4) is 5.75 Å². The Morgan fingerprint density at radius 1 is 1.30 bits per heavy atom. The van der Waals surface area contributed by atoms with Crippen molar-refractivity contribution >= 4 is 40.9 Å². The van der Waals surface area contributed by atoms with Crippen molar-refractivity contribution in [3.05, 3.63) is 23.2 Å². The van der Waals surface area contributed by atoms with Gasteiger partial charge in [-0.1, -0.05) is 23.4 Å². The molecule has 2 rings (SSSR count). The molecule has 0 aliphatic carbocycles. The van der Waals surface area contributed by atoms with Gasteiger partial charge in [-0.15, -0.1) is 0 Å². The second-order valence-corrected chi connectivity index (χ2v) is 5.04. The Morgan fingerprint density at radius 2 is 2.05 bits per heavy atom. The summed E-state index contributed by atoms with van der Waals surface area (Å²) in [4.78, 5) is 14.2. The van der Waals surface area contributed by atoms with Gasteiger partial charge in [-0.25, -0.2) is 0 Å². The van der Waals surface area contributed by atoms with Crippen LogP contribution in [0.15, 0.2) is 23.4 Å². The summed E-state index contributed by atoms with van der Waals surface area (Å²) < 4.78 is 5.12. The van der Waals surface area contributed by atoms with Crippen LogP contribution < -0.4 is 15.4 Å². The fourth-order valence-corrected chi connectivity index (χ4v) is 2.25. The monoisotopic (exact) mass is 311 g/mol. The van der Waals surface area contributed by atoms with E-state index in [-0.39, 0.29) is 5.95 Å². The van der Waals surface area contributed by atoms with Crippen molar-refractivity contribution in [2.75, 3.05) is 31.0 Å². The first-order valence-corrected chi connectivity index (χ1v) is 7.28. The third kappa shape index (κ3) is 3.05. The Hall–Kier alpha value is -1.73. The van der Waals surface area contributed by atoms with Gasteiger partial charge in [0, 0.05) is 13.1 Å². The predicted molar refractivity (Wildman–Crippen MR) is 82.1 cm³/mol. The van der Waals surface area contributed by atoms with E-state index in [4.69, 9.17) is 22.1 Å². The molecule has 0 saturated heterocycles. The zero-order valence-corrected chi connectivity index (χ0v) is 12.9. The second kappa shape index (κ2) is 6.15. The molecule has 6 nitrogen and oxygen atoms in total. The molecule has 0 spiro atoms. The van der Waals surface area contributed by atoms with E-state index in [1.807, 2.05) is 25.4 Å². The molecule has 20 heavy (non-hydrogen) atoms. The highest BCUT2D eigenvalue weighted by molar-refractivity contribution is 7.98. The van der Waals surface area contributed by atoms with Crippen LogP contribution in [0.1, 0.15) is 0 Å². The number of thioether (sulfide) groups is 1. The SMILES string of the molecule is COc1ccc(N(C)c2nc(N)nc(SC)n2)c(Cl)c1. The number of anilines is 3. The zero-order valence-electron chi connectivity index (χ0n) is 11.3. The van der Waals surface area contributed by atoms with Gasteiger partial charge >= 0.3 is 0 Å². The Balaban J connectivity index is 2.40. The molecule has 0 aliphatic heterocycles. The fourth-order valence-electron chi connectivity index (χ4n) is 1.60. The van der Waals surface area contributed by atoms with E-state index >= 15 is 0 Å². The molecular formula is C12H14ClN5OS. The number of ether oxygens (including phenoxy) is 1. The van der Waals surface area contributed by atoms with E-state index in [0.29, 0.717) is 21.9 Å². The highest BCUT2D eigenvalue weighted by Gasteiger charge is 2.13. The van der Waals surface area contributed by atoms with Crippen LogP contribution in [0.25, 0.3) is 0 Å². The van der Waals surface area contributed by atoms with Crippen LogP contribution in [0.2, 0.25) is 5.02 Å². The average Bonchev–Trinajstić information content (AvgIpc) is 2.45. The van der Waals surface area contributed by atoms with Gasteiger partial charge in [0.15, 0.2) is 5.16 Å². The van der Waals surface area contributed by atoms with Gasteiger partial charge in [-0.2, -0.15) is 15.0 Å². The standard InChI is InChI=1S/C12H14ClN5OS/c1-18(9-5-4-7(19-2)6-8(9)13)11-15-10(14)16-12(17-11)20-3/h4-6H,1-3H3,(H2,14,15,16,17). The number of benzene rings is 1. The number of halogens is 1. The minimum atomic E-state index is 0.177. The summed E-state index contributed by atoms with van der Waals surface area (Å²) in [6, 6.07) is 5.38. The minimum absolute atomic E-state index is 0.177. The molecule has 8 heteroatoms. The van der Waals surface area contributed by atoms with Crippen LogP contribution >= 0.6 is 23.4 Å². The summed E-state index contributed by atoms with van der Waals surface area (Å²) in [5.74, 6) is 1.30. The maximum atomic E-state index is 6.24. The smallest absolute Gasteiger partial charge is 0.235 e. The molecule has 0 atom stereocenters. The van der Waals surface area contributed by atoms with Gasteiger partial charge in [0.2, 0.25) is 11.9 Å². The number of methoxy groups -OCH3 is 1. The third-order valence-electron chi connectivity index (χ3n) is 2.62. The molecular weight excluding hydrogens is 298 g/mol. The number of aromatic nitrogens is 3. The number of nitrogen functional groups attached to an aromatic ring is 1. The van der Waals surface area contributed by atoms with Crippen molar-refractivity contribution in [1.29, 1.82) is 0 Å². The lowest BCUT2D eigenvalue weighted by Gasteiger charge is -2.19. The molecule has 0 saturated carbocycles. The van der Waals surface area contributed by atoms with E-state index in [1.54, 1.807) is 18.1 Å². The van der Waals surface area contributed by atoms with E-state index in [2.05, 4.69) is 15.0 Å². The van der Waals surface area contributed by atoms with Gasteiger partial charge in [0.1, 0.15) is 5.75 Å². The zero-order chi connectivity index (χ0) is 14.7. The van der Waals surface area contributed by atoms with Crippen LogP contribution in [0.4, 0.5) is 17.6 Å². The van der Waals surface area contributed by atoms with Crippen LogP contribution in [-0.4, -0.2) is 35.4 Å². The Kier molecular flexibility index (Phi) is 4.51. The molecule has 0 bridgehead atoms. The third-order valence-corrected chi connectivity index (χ3v) is 3.47. The molecule has 0 fully saturated rings. The van der Waals surface area contributed by atoms with Crippen molar-refractivity contribution < 1.29 is 4.74 Å². The van der Waals surface area contributed by atoms with Gasteiger partial charge in [0.05, 0.1) is 17.8 Å². The number of nitrogens with zero attached hydrogens (tertiary/aromatic N) is 4. The largest absolute Gasteiger partial charge is 0.497 e. The van der Waals surface area contributed by atoms with Crippen LogP contribution in [0.5, 0.6) is 5.75 Å². The number of nitrogens with two attached hydrogens (primary N) is 1. The predicted octanol–water partition coefficient (Wildman–Crippen LogP) is 2.61. The van der Waals surface area contributed by atoms with E-state index < -0.39 is 0 Å². The summed E-state index contributed by atoms with van der Waals surface area (Å²) in [6.07, 6.45) is 1.87. The first-order chi connectivity index (χ1) is 9.55. The van der Waals surface area contributed by atoms with Gasteiger partial charge in [-0.05, 0) is 18.4 Å². The Labute approximate surface area is 126 Å². The lowest BCUT2D eigenvalue weighted by Crippen LogP contribution is -2.15. The van der Waals surface area contributed by atoms with Gasteiger partial charge in [-0.3, -0.25) is 0 Å². The summed E-state index contributed by atoms with van der Waals surface area (Å²) in [6.45, 7) is 0. The molecule has 1 heterocycles. The quantitative estimate of drug-likeness (QED) is 0.869. The lowest BCUT2D eigenvalue weighted by molar-refractivity contribution is 0.415. The van der Waals surface area contributed by atoms with E-state index in [0.717, 1.165) is 5.69 Å². The summed E-state index contributed by atoms with van der Waals surface area (Å²) in [5.41, 5.74) is 6.43. The van der Waals surface area contributed by atoms with E-state index in [9.17, 15) is 0 Å².